The molecule has 1 saturated heterocycles. The zero-order valence-corrected chi connectivity index (χ0v) is 17.4. The van der Waals surface area contributed by atoms with E-state index in [1.165, 1.54) is 5.56 Å². The first-order chi connectivity index (χ1) is 13.7. The van der Waals surface area contributed by atoms with Gasteiger partial charge in [-0.15, -0.1) is 0 Å². The van der Waals surface area contributed by atoms with E-state index < -0.39 is 0 Å². The predicted octanol–water partition coefficient (Wildman–Crippen LogP) is 2.70. The molecule has 0 radical (unpaired) electrons. The molecule has 1 saturated carbocycles. The maximum Gasteiger partial charge on any atom is 0.253 e. The number of rotatable bonds is 10. The molecule has 6 nitrogen and oxygen atoms in total. The minimum absolute atomic E-state index is 0.0224. The normalized spacial score (nSPS) is 20.6. The molecule has 0 aromatic heterocycles. The number of nitrogens with one attached hydrogen (secondary N) is 1. The number of amides is 1. The van der Waals surface area contributed by atoms with E-state index in [-0.39, 0.29) is 18.1 Å². The maximum atomic E-state index is 13.2. The van der Waals surface area contributed by atoms with Gasteiger partial charge in [-0.3, -0.25) is 4.79 Å². The molecule has 0 unspecified atom stereocenters. The molecule has 3 rings (SSSR count). The summed E-state index contributed by atoms with van der Waals surface area (Å²) in [5.41, 5.74) is 2.35. The van der Waals surface area contributed by atoms with E-state index in [4.69, 9.17) is 14.2 Å². The van der Waals surface area contributed by atoms with Crippen LogP contribution in [-0.2, 0) is 20.7 Å². The number of morpholine rings is 1. The number of aryl methyl sites for hydroxylation is 1. The van der Waals surface area contributed by atoms with Crippen LogP contribution in [0.4, 0.5) is 0 Å². The number of benzene rings is 1. The molecule has 156 valence electrons. The van der Waals surface area contributed by atoms with Gasteiger partial charge in [0.2, 0.25) is 0 Å². The SMILES string of the molecule is COCCCCc1cc([C@H](C)N(C(=O)[C@H]2CNCCO2)C2CC2)ccc1OC. The summed E-state index contributed by atoms with van der Waals surface area (Å²) in [7, 11) is 3.45. The Balaban J connectivity index is 1.74. The van der Waals surface area contributed by atoms with Crippen molar-refractivity contribution in [3.05, 3.63) is 29.3 Å². The van der Waals surface area contributed by atoms with Crippen molar-refractivity contribution >= 4 is 5.91 Å². The number of ether oxygens (including phenoxy) is 3. The van der Waals surface area contributed by atoms with Crippen LogP contribution in [0.3, 0.4) is 0 Å². The fourth-order valence-electron chi connectivity index (χ4n) is 3.91. The Hall–Kier alpha value is -1.63. The van der Waals surface area contributed by atoms with Crippen LogP contribution in [0.25, 0.3) is 0 Å². The summed E-state index contributed by atoms with van der Waals surface area (Å²) in [6, 6.07) is 6.68. The quantitative estimate of drug-likeness (QED) is 0.623. The van der Waals surface area contributed by atoms with Gasteiger partial charge in [0.05, 0.1) is 19.8 Å². The van der Waals surface area contributed by atoms with E-state index in [0.717, 1.165) is 56.6 Å². The van der Waals surface area contributed by atoms with Gasteiger partial charge in [-0.2, -0.15) is 0 Å². The van der Waals surface area contributed by atoms with Crippen molar-refractivity contribution in [1.29, 1.82) is 0 Å². The fourth-order valence-corrected chi connectivity index (χ4v) is 3.91. The fraction of sp³-hybridized carbons (Fsp3) is 0.682. The lowest BCUT2D eigenvalue weighted by molar-refractivity contribution is -0.148. The van der Waals surface area contributed by atoms with Crippen LogP contribution in [-0.4, -0.2) is 63.5 Å². The average molecular weight is 391 g/mol. The Kier molecular flexibility index (Phi) is 7.71. The van der Waals surface area contributed by atoms with Gasteiger partial charge in [0, 0.05) is 32.8 Å². The molecule has 2 aliphatic rings. The minimum Gasteiger partial charge on any atom is -0.496 e. The highest BCUT2D eigenvalue weighted by Gasteiger charge is 2.40. The van der Waals surface area contributed by atoms with Crippen molar-refractivity contribution in [2.24, 2.45) is 0 Å². The zero-order valence-electron chi connectivity index (χ0n) is 17.4. The van der Waals surface area contributed by atoms with Gasteiger partial charge in [0.15, 0.2) is 0 Å². The van der Waals surface area contributed by atoms with Crippen LogP contribution < -0.4 is 10.1 Å². The van der Waals surface area contributed by atoms with Crippen LogP contribution in [0.2, 0.25) is 0 Å². The van der Waals surface area contributed by atoms with E-state index in [1.807, 2.05) is 11.0 Å². The van der Waals surface area contributed by atoms with Gasteiger partial charge in [0.25, 0.3) is 5.91 Å². The molecule has 1 aliphatic heterocycles. The molecule has 6 heteroatoms. The third kappa shape index (κ3) is 5.25. The van der Waals surface area contributed by atoms with Gasteiger partial charge in [-0.25, -0.2) is 0 Å². The van der Waals surface area contributed by atoms with Gasteiger partial charge in [-0.05, 0) is 56.2 Å². The molecule has 0 spiro atoms. The molecule has 1 aromatic rings. The highest BCUT2D eigenvalue weighted by atomic mass is 16.5. The predicted molar refractivity (Wildman–Crippen MR) is 109 cm³/mol. The Morgan fingerprint density at radius 2 is 2.14 bits per heavy atom. The van der Waals surface area contributed by atoms with Gasteiger partial charge >= 0.3 is 0 Å². The van der Waals surface area contributed by atoms with Crippen LogP contribution in [0.1, 0.15) is 49.8 Å². The number of methoxy groups -OCH3 is 2. The summed E-state index contributed by atoms with van der Waals surface area (Å²) in [6.07, 6.45) is 4.81. The summed E-state index contributed by atoms with van der Waals surface area (Å²) >= 11 is 0. The number of hydrogen-bond donors (Lipinski definition) is 1. The van der Waals surface area contributed by atoms with E-state index in [0.29, 0.717) is 19.2 Å². The molecular formula is C22H34N2O4. The van der Waals surface area contributed by atoms with Crippen molar-refractivity contribution in [1.82, 2.24) is 10.2 Å². The Labute approximate surface area is 168 Å². The molecule has 1 heterocycles. The lowest BCUT2D eigenvalue weighted by Crippen LogP contribution is -2.50. The van der Waals surface area contributed by atoms with E-state index in [9.17, 15) is 4.79 Å². The molecule has 2 atom stereocenters. The monoisotopic (exact) mass is 390 g/mol. The largest absolute Gasteiger partial charge is 0.496 e. The van der Waals surface area contributed by atoms with Crippen molar-refractivity contribution in [2.75, 3.05) is 40.5 Å². The third-order valence-corrected chi connectivity index (χ3v) is 5.65. The molecule has 2 fully saturated rings. The van der Waals surface area contributed by atoms with Crippen molar-refractivity contribution in [3.8, 4) is 5.75 Å². The molecule has 28 heavy (non-hydrogen) atoms. The topological polar surface area (TPSA) is 60.0 Å². The molecular weight excluding hydrogens is 356 g/mol. The Bertz CT molecular complexity index is 641. The second kappa shape index (κ2) is 10.2. The zero-order chi connectivity index (χ0) is 19.9. The second-order valence-electron chi connectivity index (χ2n) is 7.74. The van der Waals surface area contributed by atoms with Gasteiger partial charge in [-0.1, -0.05) is 12.1 Å². The average Bonchev–Trinajstić information content (AvgIpc) is 3.56. The number of hydrogen-bond acceptors (Lipinski definition) is 5. The highest BCUT2D eigenvalue weighted by Crippen LogP contribution is 2.36. The minimum atomic E-state index is -0.372. The van der Waals surface area contributed by atoms with E-state index >= 15 is 0 Å². The van der Waals surface area contributed by atoms with Crippen LogP contribution in [0.15, 0.2) is 18.2 Å². The lowest BCUT2D eigenvalue weighted by atomic mass is 9.99. The molecule has 1 aliphatic carbocycles. The smallest absolute Gasteiger partial charge is 0.253 e. The molecule has 0 bridgehead atoms. The Morgan fingerprint density at radius 1 is 1.32 bits per heavy atom. The first kappa shape index (κ1) is 21.1. The van der Waals surface area contributed by atoms with Crippen LogP contribution in [0, 0.1) is 0 Å². The van der Waals surface area contributed by atoms with E-state index in [2.05, 4.69) is 24.4 Å². The van der Waals surface area contributed by atoms with E-state index in [1.54, 1.807) is 14.2 Å². The highest BCUT2D eigenvalue weighted by molar-refractivity contribution is 5.82. The summed E-state index contributed by atoms with van der Waals surface area (Å²) in [6.45, 7) is 4.91. The first-order valence-corrected chi connectivity index (χ1v) is 10.5. The number of carbonyl (C=O) groups is 1. The molecule has 1 aromatic carbocycles. The molecule has 1 N–H and O–H groups in total. The number of carbonyl (C=O) groups excluding carboxylic acids is 1. The van der Waals surface area contributed by atoms with Gasteiger partial charge in [0.1, 0.15) is 11.9 Å². The summed E-state index contributed by atoms with van der Waals surface area (Å²) < 4.78 is 16.5. The van der Waals surface area contributed by atoms with Crippen molar-refractivity contribution < 1.29 is 19.0 Å². The Morgan fingerprint density at radius 3 is 2.79 bits per heavy atom. The standard InChI is InChI=1S/C22H34N2O4/c1-16(24(19-8-9-19)22(25)21-15-23-11-13-28-21)17-7-10-20(27-3)18(14-17)6-4-5-12-26-2/h7,10,14,16,19,21,23H,4-6,8-9,11-13,15H2,1-3H3/t16-,21+/m0/s1. The van der Waals surface area contributed by atoms with Crippen LogP contribution >= 0.6 is 0 Å². The van der Waals surface area contributed by atoms with Crippen molar-refractivity contribution in [2.45, 2.75) is 57.2 Å². The van der Waals surface area contributed by atoms with Gasteiger partial charge < -0.3 is 24.4 Å². The third-order valence-electron chi connectivity index (χ3n) is 5.65. The summed E-state index contributed by atoms with van der Waals surface area (Å²) in [5.74, 6) is 1.03. The molecule has 1 amide bonds. The lowest BCUT2D eigenvalue weighted by Gasteiger charge is -2.34. The summed E-state index contributed by atoms with van der Waals surface area (Å²) in [4.78, 5) is 15.2. The summed E-state index contributed by atoms with van der Waals surface area (Å²) in [5, 5.41) is 3.27. The number of unbranched alkanes of at least 4 members (excludes halogenated alkanes) is 1. The van der Waals surface area contributed by atoms with Crippen molar-refractivity contribution in [3.63, 3.8) is 0 Å². The number of nitrogens with zero attached hydrogens (tertiary/aromatic N) is 1. The maximum absolute atomic E-state index is 13.2. The second-order valence-corrected chi connectivity index (χ2v) is 7.74. The van der Waals surface area contributed by atoms with Crippen LogP contribution in [0.5, 0.6) is 5.75 Å². The first-order valence-electron chi connectivity index (χ1n) is 10.5.